The van der Waals surface area contributed by atoms with Crippen molar-refractivity contribution < 1.29 is 4.79 Å². The maximum Gasteiger partial charge on any atom is 0.316 e. The number of rotatable bonds is 7. The van der Waals surface area contributed by atoms with E-state index in [-0.39, 0.29) is 6.03 Å². The zero-order valence-corrected chi connectivity index (χ0v) is 12.7. The third kappa shape index (κ3) is 4.56. The van der Waals surface area contributed by atoms with E-state index in [2.05, 4.69) is 32.8 Å². The molecule has 1 rings (SSSR count). The number of nitrogens with one attached hydrogen (secondary N) is 3. The van der Waals surface area contributed by atoms with Gasteiger partial charge in [0.1, 0.15) is 18.0 Å². The Morgan fingerprint density at radius 1 is 1.25 bits per heavy atom. The Kier molecular flexibility index (Phi) is 6.55. The molecule has 0 aromatic carbocycles. The van der Waals surface area contributed by atoms with E-state index in [1.54, 1.807) is 14.1 Å². The van der Waals surface area contributed by atoms with Crippen LogP contribution in [0.25, 0.3) is 0 Å². The largest absolute Gasteiger partial charge is 0.373 e. The second-order valence-electron chi connectivity index (χ2n) is 4.60. The quantitative estimate of drug-likeness (QED) is 0.653. The van der Waals surface area contributed by atoms with Crippen LogP contribution in [0.15, 0.2) is 6.33 Å². The zero-order valence-electron chi connectivity index (χ0n) is 12.7. The van der Waals surface area contributed by atoms with Crippen molar-refractivity contribution in [1.29, 1.82) is 0 Å². The van der Waals surface area contributed by atoms with Gasteiger partial charge in [-0.2, -0.15) is 0 Å². The van der Waals surface area contributed by atoms with Crippen molar-refractivity contribution in [2.45, 2.75) is 19.8 Å². The van der Waals surface area contributed by atoms with Crippen molar-refractivity contribution in [3.05, 3.63) is 11.9 Å². The molecule has 0 atom stereocenters. The first-order chi connectivity index (χ1) is 9.60. The number of aromatic nitrogens is 2. The van der Waals surface area contributed by atoms with E-state index in [0.29, 0.717) is 13.1 Å². The van der Waals surface area contributed by atoms with Crippen molar-refractivity contribution in [1.82, 2.24) is 20.2 Å². The fourth-order valence-electron chi connectivity index (χ4n) is 1.78. The summed E-state index contributed by atoms with van der Waals surface area (Å²) in [6.07, 6.45) is 3.46. The Labute approximate surface area is 120 Å². The molecule has 20 heavy (non-hydrogen) atoms. The lowest BCUT2D eigenvalue weighted by Crippen LogP contribution is -2.37. The standard InChI is InChI=1S/C13H24N6O/c1-5-6-10-11(14-2)17-9-18-12(10)15-7-8-16-13(20)19(3)4/h9H,5-8H2,1-4H3,(H,16,20)(H2,14,15,17,18). The van der Waals surface area contributed by atoms with Crippen LogP contribution in [0.2, 0.25) is 0 Å². The molecule has 0 aliphatic carbocycles. The van der Waals surface area contributed by atoms with E-state index in [1.807, 2.05) is 7.05 Å². The Morgan fingerprint density at radius 3 is 2.55 bits per heavy atom. The summed E-state index contributed by atoms with van der Waals surface area (Å²) in [5, 5.41) is 9.12. The van der Waals surface area contributed by atoms with Gasteiger partial charge in [0.05, 0.1) is 0 Å². The Hall–Kier alpha value is -2.05. The fraction of sp³-hybridized carbons (Fsp3) is 0.615. The number of nitrogens with zero attached hydrogens (tertiary/aromatic N) is 3. The topological polar surface area (TPSA) is 82.2 Å². The lowest BCUT2D eigenvalue weighted by molar-refractivity contribution is 0.218. The van der Waals surface area contributed by atoms with Gasteiger partial charge in [-0.1, -0.05) is 13.3 Å². The third-order valence-electron chi connectivity index (χ3n) is 2.78. The molecule has 2 amide bonds. The highest BCUT2D eigenvalue weighted by Crippen LogP contribution is 2.20. The normalized spacial score (nSPS) is 10.0. The van der Waals surface area contributed by atoms with E-state index in [9.17, 15) is 4.79 Å². The van der Waals surface area contributed by atoms with Crippen LogP contribution in [0.5, 0.6) is 0 Å². The molecule has 0 aliphatic rings. The average Bonchev–Trinajstić information content (AvgIpc) is 2.44. The Bertz CT molecular complexity index is 435. The molecule has 0 radical (unpaired) electrons. The number of anilines is 2. The van der Waals surface area contributed by atoms with E-state index in [1.165, 1.54) is 11.2 Å². The lowest BCUT2D eigenvalue weighted by Gasteiger charge is -2.15. The lowest BCUT2D eigenvalue weighted by atomic mass is 10.1. The second kappa shape index (κ2) is 8.19. The molecule has 1 heterocycles. The Morgan fingerprint density at radius 2 is 1.95 bits per heavy atom. The number of hydrogen-bond donors (Lipinski definition) is 3. The number of hydrogen-bond acceptors (Lipinski definition) is 5. The molecule has 7 heteroatoms. The predicted molar refractivity (Wildman–Crippen MR) is 81.1 cm³/mol. The van der Waals surface area contributed by atoms with Gasteiger partial charge in [-0.3, -0.25) is 0 Å². The van der Waals surface area contributed by atoms with Crippen molar-refractivity contribution in [3.63, 3.8) is 0 Å². The second-order valence-corrected chi connectivity index (χ2v) is 4.60. The molecular formula is C13H24N6O. The highest BCUT2D eigenvalue weighted by Gasteiger charge is 2.09. The minimum atomic E-state index is -0.0980. The summed E-state index contributed by atoms with van der Waals surface area (Å²) in [5.74, 6) is 1.67. The van der Waals surface area contributed by atoms with Gasteiger partial charge in [-0.25, -0.2) is 14.8 Å². The number of carbonyl (C=O) groups is 1. The van der Waals surface area contributed by atoms with Crippen LogP contribution in [0.1, 0.15) is 18.9 Å². The van der Waals surface area contributed by atoms with Crippen LogP contribution < -0.4 is 16.0 Å². The van der Waals surface area contributed by atoms with Crippen molar-refractivity contribution in [2.75, 3.05) is 44.9 Å². The van der Waals surface area contributed by atoms with E-state index >= 15 is 0 Å². The molecule has 0 bridgehead atoms. The van der Waals surface area contributed by atoms with Gasteiger partial charge in [0.15, 0.2) is 0 Å². The minimum absolute atomic E-state index is 0.0980. The molecule has 112 valence electrons. The average molecular weight is 280 g/mol. The SMILES string of the molecule is CCCc1c(NC)ncnc1NCCNC(=O)N(C)C. The van der Waals surface area contributed by atoms with Crippen LogP contribution in [0.4, 0.5) is 16.4 Å². The molecule has 0 saturated heterocycles. The van der Waals surface area contributed by atoms with Gasteiger partial charge < -0.3 is 20.9 Å². The van der Waals surface area contributed by atoms with E-state index in [4.69, 9.17) is 0 Å². The first-order valence-electron chi connectivity index (χ1n) is 6.80. The maximum atomic E-state index is 11.4. The summed E-state index contributed by atoms with van der Waals surface area (Å²) < 4.78 is 0. The Balaban J connectivity index is 2.57. The summed E-state index contributed by atoms with van der Waals surface area (Å²) in [6.45, 7) is 3.28. The van der Waals surface area contributed by atoms with Gasteiger partial charge in [0, 0.05) is 39.8 Å². The molecule has 0 unspecified atom stereocenters. The summed E-state index contributed by atoms with van der Waals surface area (Å²) in [6, 6.07) is -0.0980. The number of urea groups is 1. The van der Waals surface area contributed by atoms with Crippen LogP contribution in [0.3, 0.4) is 0 Å². The molecular weight excluding hydrogens is 256 g/mol. The fourth-order valence-corrected chi connectivity index (χ4v) is 1.78. The van der Waals surface area contributed by atoms with Crippen LogP contribution in [0, 0.1) is 0 Å². The molecule has 7 nitrogen and oxygen atoms in total. The minimum Gasteiger partial charge on any atom is -0.373 e. The molecule has 1 aromatic heterocycles. The van der Waals surface area contributed by atoms with E-state index in [0.717, 1.165) is 30.0 Å². The summed E-state index contributed by atoms with van der Waals surface area (Å²) in [5.41, 5.74) is 1.08. The maximum absolute atomic E-state index is 11.4. The number of amides is 2. The molecule has 0 saturated carbocycles. The highest BCUT2D eigenvalue weighted by atomic mass is 16.2. The van der Waals surface area contributed by atoms with Gasteiger partial charge in [0.2, 0.25) is 0 Å². The molecule has 0 spiro atoms. The zero-order chi connectivity index (χ0) is 15.0. The summed E-state index contributed by atoms with van der Waals surface area (Å²) >= 11 is 0. The molecule has 0 aliphatic heterocycles. The third-order valence-corrected chi connectivity index (χ3v) is 2.78. The van der Waals surface area contributed by atoms with Gasteiger partial charge >= 0.3 is 6.03 Å². The molecule has 0 fully saturated rings. The van der Waals surface area contributed by atoms with Gasteiger partial charge in [0.25, 0.3) is 0 Å². The smallest absolute Gasteiger partial charge is 0.316 e. The van der Waals surface area contributed by atoms with Crippen LogP contribution in [-0.2, 0) is 6.42 Å². The summed E-state index contributed by atoms with van der Waals surface area (Å²) in [4.78, 5) is 21.4. The molecule has 1 aromatic rings. The van der Waals surface area contributed by atoms with Crippen molar-refractivity contribution in [3.8, 4) is 0 Å². The first kappa shape index (κ1) is 16.0. The first-order valence-corrected chi connectivity index (χ1v) is 6.80. The number of carbonyl (C=O) groups excluding carboxylic acids is 1. The summed E-state index contributed by atoms with van der Waals surface area (Å²) in [7, 11) is 5.28. The van der Waals surface area contributed by atoms with Crippen LogP contribution in [-0.4, -0.2) is 55.1 Å². The van der Waals surface area contributed by atoms with Crippen molar-refractivity contribution in [2.24, 2.45) is 0 Å². The van der Waals surface area contributed by atoms with E-state index < -0.39 is 0 Å². The van der Waals surface area contributed by atoms with Gasteiger partial charge in [-0.05, 0) is 6.42 Å². The van der Waals surface area contributed by atoms with Crippen molar-refractivity contribution >= 4 is 17.7 Å². The molecule has 3 N–H and O–H groups in total. The van der Waals surface area contributed by atoms with Gasteiger partial charge in [-0.15, -0.1) is 0 Å². The predicted octanol–water partition coefficient (Wildman–Crippen LogP) is 1.15. The monoisotopic (exact) mass is 280 g/mol. The van der Waals surface area contributed by atoms with Crippen LogP contribution >= 0.6 is 0 Å². The highest BCUT2D eigenvalue weighted by molar-refractivity contribution is 5.73.